The lowest BCUT2D eigenvalue weighted by atomic mass is 9.87. The Morgan fingerprint density at radius 2 is 1.88 bits per heavy atom. The first kappa shape index (κ1) is 11.7. The third-order valence-electron chi connectivity index (χ3n) is 3.05. The number of rotatable bonds is 2. The van der Waals surface area contributed by atoms with Crippen LogP contribution in [0.5, 0.6) is 0 Å². The Hall–Kier alpha value is -0.800. The monoisotopic (exact) mass is 235 g/mol. The van der Waals surface area contributed by atoms with Crippen LogP contribution >= 0.6 is 12.6 Å². The van der Waals surface area contributed by atoms with Gasteiger partial charge in [0, 0.05) is 17.0 Å². The summed E-state index contributed by atoms with van der Waals surface area (Å²) in [6, 6.07) is 7.72. The average Bonchev–Trinajstić information content (AvgIpc) is 2.30. The highest BCUT2D eigenvalue weighted by Gasteiger charge is 2.20. The highest BCUT2D eigenvalue weighted by molar-refractivity contribution is 7.80. The topological polar surface area (TPSA) is 32.6 Å². The largest absolute Gasteiger partial charge is 0.392 e. The minimum Gasteiger partial charge on any atom is -0.392 e. The second-order valence-corrected chi connectivity index (χ2v) is 4.83. The van der Waals surface area contributed by atoms with Crippen LogP contribution in [0.4, 0.5) is 5.69 Å². The normalized spacial score (nSPS) is 26.1. The fraction of sp³-hybridized carbons (Fsp3) is 0.462. The van der Waals surface area contributed by atoms with E-state index in [0.29, 0.717) is 0 Å². The summed E-state index contributed by atoms with van der Waals surface area (Å²) in [6.45, 7) is 0. The van der Waals surface area contributed by atoms with Gasteiger partial charge < -0.3 is 5.11 Å². The van der Waals surface area contributed by atoms with Crippen LogP contribution in [-0.4, -0.2) is 17.4 Å². The molecule has 86 valence electrons. The third kappa shape index (κ3) is 3.09. The molecule has 0 spiro atoms. The number of thiol groups is 1. The van der Waals surface area contributed by atoms with E-state index in [1.54, 1.807) is 0 Å². The molecule has 16 heavy (non-hydrogen) atoms. The Balaban J connectivity index is 2.00. The molecule has 0 saturated heterocycles. The van der Waals surface area contributed by atoms with E-state index >= 15 is 0 Å². The van der Waals surface area contributed by atoms with Gasteiger partial charge in [0.2, 0.25) is 0 Å². The van der Waals surface area contributed by atoms with Gasteiger partial charge in [0.15, 0.2) is 0 Å². The van der Waals surface area contributed by atoms with E-state index in [1.165, 1.54) is 6.42 Å². The van der Waals surface area contributed by atoms with Gasteiger partial charge in [-0.3, -0.25) is 4.99 Å². The molecule has 2 atom stereocenters. The molecular weight excluding hydrogens is 218 g/mol. The molecule has 3 heteroatoms. The first-order chi connectivity index (χ1) is 7.75. The predicted octanol–water partition coefficient (Wildman–Crippen LogP) is 3.23. The highest BCUT2D eigenvalue weighted by atomic mass is 32.1. The fourth-order valence-electron chi connectivity index (χ4n) is 2.03. The zero-order valence-corrected chi connectivity index (χ0v) is 10.1. The van der Waals surface area contributed by atoms with E-state index in [4.69, 9.17) is 0 Å². The highest BCUT2D eigenvalue weighted by Crippen LogP contribution is 2.24. The first-order valence-corrected chi connectivity index (χ1v) is 6.22. The van der Waals surface area contributed by atoms with Crippen molar-refractivity contribution in [3.63, 3.8) is 0 Å². The van der Waals surface area contributed by atoms with Crippen molar-refractivity contribution in [3.8, 4) is 0 Å². The number of hydrogen-bond donors (Lipinski definition) is 2. The maximum Gasteiger partial charge on any atom is 0.0626 e. The van der Waals surface area contributed by atoms with Gasteiger partial charge in [0.1, 0.15) is 0 Å². The summed E-state index contributed by atoms with van der Waals surface area (Å²) in [5.74, 6) is 0.226. The van der Waals surface area contributed by atoms with Crippen molar-refractivity contribution in [1.82, 2.24) is 0 Å². The van der Waals surface area contributed by atoms with Gasteiger partial charge in [-0.15, -0.1) is 12.6 Å². The minimum absolute atomic E-state index is 0.207. The van der Waals surface area contributed by atoms with E-state index in [2.05, 4.69) is 17.6 Å². The molecule has 2 rings (SSSR count). The summed E-state index contributed by atoms with van der Waals surface area (Å²) < 4.78 is 0. The number of nitrogens with zero attached hydrogens (tertiary/aromatic N) is 1. The Morgan fingerprint density at radius 3 is 2.56 bits per heavy atom. The molecule has 0 heterocycles. The Morgan fingerprint density at radius 1 is 1.19 bits per heavy atom. The smallest absolute Gasteiger partial charge is 0.0626 e. The number of benzene rings is 1. The van der Waals surface area contributed by atoms with Crippen molar-refractivity contribution in [2.45, 2.75) is 36.7 Å². The third-order valence-corrected chi connectivity index (χ3v) is 3.34. The van der Waals surface area contributed by atoms with Gasteiger partial charge in [-0.1, -0.05) is 12.8 Å². The van der Waals surface area contributed by atoms with Crippen molar-refractivity contribution in [2.24, 2.45) is 10.9 Å². The Kier molecular flexibility index (Phi) is 4.02. The van der Waals surface area contributed by atoms with Gasteiger partial charge in [-0.05, 0) is 37.1 Å². The average molecular weight is 235 g/mol. The zero-order valence-electron chi connectivity index (χ0n) is 9.21. The van der Waals surface area contributed by atoms with E-state index in [1.807, 2.05) is 30.5 Å². The minimum atomic E-state index is -0.207. The van der Waals surface area contributed by atoms with Crippen molar-refractivity contribution in [2.75, 3.05) is 0 Å². The molecule has 1 saturated carbocycles. The maximum atomic E-state index is 9.79. The number of hydrogen-bond acceptors (Lipinski definition) is 3. The first-order valence-electron chi connectivity index (χ1n) is 5.77. The Bertz CT molecular complexity index is 361. The fourth-order valence-corrected chi connectivity index (χ4v) is 2.18. The molecule has 1 aromatic carbocycles. The molecule has 1 aliphatic rings. The predicted molar refractivity (Wildman–Crippen MR) is 69.8 cm³/mol. The van der Waals surface area contributed by atoms with Gasteiger partial charge in [-0.25, -0.2) is 0 Å². The van der Waals surface area contributed by atoms with E-state index in [9.17, 15) is 5.11 Å². The standard InChI is InChI=1S/C13H17NOS/c15-13-4-2-1-3-10(13)9-14-11-5-7-12(16)8-6-11/h5-10,13,15-16H,1-4H2/t10-,13-/m1/s1. The number of aliphatic imine (C=N–C) groups is 1. The van der Waals surface area contributed by atoms with Gasteiger partial charge in [-0.2, -0.15) is 0 Å². The Labute approximate surface area is 102 Å². The van der Waals surface area contributed by atoms with Crippen LogP contribution in [0.3, 0.4) is 0 Å². The summed E-state index contributed by atoms with van der Waals surface area (Å²) >= 11 is 4.22. The summed E-state index contributed by atoms with van der Waals surface area (Å²) in [7, 11) is 0. The molecule has 1 fully saturated rings. The molecular formula is C13H17NOS. The van der Waals surface area contributed by atoms with Crippen LogP contribution < -0.4 is 0 Å². The molecule has 0 aliphatic heterocycles. The van der Waals surface area contributed by atoms with Crippen LogP contribution in [-0.2, 0) is 0 Å². The van der Waals surface area contributed by atoms with Crippen LogP contribution in [0, 0.1) is 5.92 Å². The van der Waals surface area contributed by atoms with Crippen molar-refractivity contribution in [3.05, 3.63) is 24.3 Å². The molecule has 1 aromatic rings. The molecule has 0 unspecified atom stereocenters. The van der Waals surface area contributed by atoms with E-state index < -0.39 is 0 Å². The second kappa shape index (κ2) is 5.51. The van der Waals surface area contributed by atoms with Gasteiger partial charge in [0.05, 0.1) is 11.8 Å². The number of aliphatic hydroxyl groups excluding tert-OH is 1. The summed E-state index contributed by atoms with van der Waals surface area (Å²) in [4.78, 5) is 5.34. The van der Waals surface area contributed by atoms with Gasteiger partial charge in [0.25, 0.3) is 0 Å². The van der Waals surface area contributed by atoms with Crippen LogP contribution in [0.15, 0.2) is 34.2 Å². The van der Waals surface area contributed by atoms with Crippen molar-refractivity contribution in [1.29, 1.82) is 0 Å². The summed E-state index contributed by atoms with van der Waals surface area (Å²) in [5.41, 5.74) is 0.926. The maximum absolute atomic E-state index is 9.79. The second-order valence-electron chi connectivity index (χ2n) is 4.31. The lowest BCUT2D eigenvalue weighted by molar-refractivity contribution is 0.103. The lowest BCUT2D eigenvalue weighted by Crippen LogP contribution is -2.25. The van der Waals surface area contributed by atoms with Crippen LogP contribution in [0.2, 0.25) is 0 Å². The molecule has 0 aromatic heterocycles. The number of aliphatic hydroxyl groups is 1. The van der Waals surface area contributed by atoms with Crippen LogP contribution in [0.1, 0.15) is 25.7 Å². The van der Waals surface area contributed by atoms with Crippen LogP contribution in [0.25, 0.3) is 0 Å². The molecule has 1 aliphatic carbocycles. The quantitative estimate of drug-likeness (QED) is 0.598. The molecule has 2 nitrogen and oxygen atoms in total. The summed E-state index contributed by atoms with van der Waals surface area (Å²) in [6.07, 6.45) is 5.99. The SMILES string of the molecule is O[C@@H]1CCCC[C@@H]1C=Nc1ccc(S)cc1. The van der Waals surface area contributed by atoms with Crippen molar-refractivity contribution < 1.29 is 5.11 Å². The molecule has 0 bridgehead atoms. The van der Waals surface area contributed by atoms with E-state index in [0.717, 1.165) is 29.8 Å². The van der Waals surface area contributed by atoms with Crippen molar-refractivity contribution >= 4 is 24.5 Å². The summed E-state index contributed by atoms with van der Waals surface area (Å²) in [5, 5.41) is 9.79. The lowest BCUT2D eigenvalue weighted by Gasteiger charge is -2.23. The molecule has 0 radical (unpaired) electrons. The van der Waals surface area contributed by atoms with Gasteiger partial charge >= 0.3 is 0 Å². The molecule has 0 amide bonds. The van der Waals surface area contributed by atoms with E-state index in [-0.39, 0.29) is 12.0 Å². The molecule has 1 N–H and O–H groups in total. The zero-order chi connectivity index (χ0) is 11.4.